The van der Waals surface area contributed by atoms with E-state index in [1.54, 1.807) is 7.11 Å². The Bertz CT molecular complexity index is 624. The average Bonchev–Trinajstić information content (AvgIpc) is 2.75. The highest BCUT2D eigenvalue weighted by atomic mass is 32.2. The van der Waals surface area contributed by atoms with Gasteiger partial charge in [-0.3, -0.25) is 4.79 Å². The summed E-state index contributed by atoms with van der Waals surface area (Å²) in [7, 11) is 1.67. The summed E-state index contributed by atoms with van der Waals surface area (Å²) < 4.78 is 7.37. The van der Waals surface area contributed by atoms with Gasteiger partial charge in [-0.25, -0.2) is 4.98 Å². The number of aliphatic carboxylic acids is 1. The number of ether oxygens (including phenoxy) is 1. The molecule has 5 nitrogen and oxygen atoms in total. The van der Waals surface area contributed by atoms with Gasteiger partial charge >= 0.3 is 5.97 Å². The zero-order valence-electron chi connectivity index (χ0n) is 11.8. The molecule has 6 heteroatoms. The molecule has 0 spiro atoms. The topological polar surface area (TPSA) is 64.3 Å². The van der Waals surface area contributed by atoms with Crippen LogP contribution in [0.4, 0.5) is 0 Å². The summed E-state index contributed by atoms with van der Waals surface area (Å²) in [5.74, 6) is -0.839. The number of nitrogens with zero attached hydrogens (tertiary/aromatic N) is 2. The Hall–Kier alpha value is -1.53. The summed E-state index contributed by atoms with van der Waals surface area (Å²) in [6.45, 7) is 4.67. The van der Waals surface area contributed by atoms with E-state index < -0.39 is 5.97 Å². The molecule has 1 unspecified atom stereocenters. The van der Waals surface area contributed by atoms with E-state index in [1.165, 1.54) is 11.8 Å². The summed E-state index contributed by atoms with van der Waals surface area (Å²) >= 11 is 1.24. The highest BCUT2D eigenvalue weighted by Gasteiger charge is 2.16. The van der Waals surface area contributed by atoms with E-state index in [0.29, 0.717) is 6.54 Å². The van der Waals surface area contributed by atoms with E-state index in [2.05, 4.69) is 4.98 Å². The Morgan fingerprint density at radius 3 is 2.95 bits per heavy atom. The smallest absolute Gasteiger partial charge is 0.313 e. The number of carboxylic acid groups (broad SMARTS) is 1. The second-order valence-corrected chi connectivity index (χ2v) is 5.62. The second kappa shape index (κ2) is 6.28. The molecular weight excluding hydrogens is 276 g/mol. The van der Waals surface area contributed by atoms with Gasteiger partial charge in [0.1, 0.15) is 0 Å². The van der Waals surface area contributed by atoms with Crippen LogP contribution >= 0.6 is 11.8 Å². The number of aryl methyl sites for hydroxylation is 1. The minimum atomic E-state index is -0.842. The molecule has 1 aromatic carbocycles. The molecule has 20 heavy (non-hydrogen) atoms. The number of thioether (sulfide) groups is 1. The van der Waals surface area contributed by atoms with Crippen LogP contribution in [-0.2, 0) is 16.1 Å². The van der Waals surface area contributed by atoms with E-state index in [0.717, 1.165) is 21.8 Å². The lowest BCUT2D eigenvalue weighted by Gasteiger charge is -2.14. The minimum absolute atomic E-state index is 0.00370. The van der Waals surface area contributed by atoms with Crippen molar-refractivity contribution >= 4 is 28.8 Å². The van der Waals surface area contributed by atoms with Crippen LogP contribution in [0.2, 0.25) is 0 Å². The van der Waals surface area contributed by atoms with Crippen LogP contribution in [-0.4, -0.2) is 39.6 Å². The number of rotatable bonds is 6. The highest BCUT2D eigenvalue weighted by Crippen LogP contribution is 2.26. The molecule has 0 aliphatic rings. The van der Waals surface area contributed by atoms with Crippen LogP contribution in [0, 0.1) is 6.92 Å². The Labute approximate surface area is 121 Å². The van der Waals surface area contributed by atoms with Crippen molar-refractivity contribution in [3.63, 3.8) is 0 Å². The lowest BCUT2D eigenvalue weighted by molar-refractivity contribution is -0.133. The third-order valence-corrected chi connectivity index (χ3v) is 4.06. The number of fused-ring (bicyclic) bond motifs is 1. The fourth-order valence-corrected chi connectivity index (χ4v) is 2.82. The highest BCUT2D eigenvalue weighted by molar-refractivity contribution is 7.99. The van der Waals surface area contributed by atoms with E-state index in [9.17, 15) is 4.79 Å². The normalized spacial score (nSPS) is 12.8. The number of benzene rings is 1. The molecule has 1 N–H and O–H groups in total. The number of methoxy groups -OCH3 is 1. The summed E-state index contributed by atoms with van der Waals surface area (Å²) in [6, 6.07) is 5.94. The lowest BCUT2D eigenvalue weighted by Crippen LogP contribution is -2.16. The van der Waals surface area contributed by atoms with Gasteiger partial charge in [0.15, 0.2) is 5.16 Å². The van der Waals surface area contributed by atoms with Crippen LogP contribution < -0.4 is 0 Å². The molecule has 0 saturated carbocycles. The van der Waals surface area contributed by atoms with Gasteiger partial charge in [-0.15, -0.1) is 0 Å². The number of carbonyl (C=O) groups is 1. The van der Waals surface area contributed by atoms with E-state index in [4.69, 9.17) is 9.84 Å². The van der Waals surface area contributed by atoms with E-state index in [-0.39, 0.29) is 11.9 Å². The van der Waals surface area contributed by atoms with Crippen LogP contribution in [0.25, 0.3) is 11.0 Å². The maximum Gasteiger partial charge on any atom is 0.313 e. The van der Waals surface area contributed by atoms with Crippen LogP contribution in [0.1, 0.15) is 12.5 Å². The Morgan fingerprint density at radius 1 is 1.55 bits per heavy atom. The van der Waals surface area contributed by atoms with Crippen molar-refractivity contribution in [1.29, 1.82) is 0 Å². The van der Waals surface area contributed by atoms with Crippen molar-refractivity contribution in [2.24, 2.45) is 0 Å². The third kappa shape index (κ3) is 3.13. The summed E-state index contributed by atoms with van der Waals surface area (Å²) in [4.78, 5) is 15.3. The molecule has 0 aliphatic heterocycles. The van der Waals surface area contributed by atoms with Gasteiger partial charge in [0.25, 0.3) is 0 Å². The Balaban J connectivity index is 2.46. The predicted octanol–water partition coefficient (Wildman–Crippen LogP) is 2.56. The molecule has 0 saturated heterocycles. The van der Waals surface area contributed by atoms with Crippen molar-refractivity contribution in [3.05, 3.63) is 23.8 Å². The zero-order chi connectivity index (χ0) is 14.7. The predicted molar refractivity (Wildman–Crippen MR) is 79.3 cm³/mol. The Kier molecular flexibility index (Phi) is 4.67. The lowest BCUT2D eigenvalue weighted by atomic mass is 10.2. The molecule has 2 aromatic rings. The van der Waals surface area contributed by atoms with Gasteiger partial charge in [-0.1, -0.05) is 23.9 Å². The molecule has 0 aliphatic carbocycles. The first-order chi connectivity index (χ1) is 9.52. The van der Waals surface area contributed by atoms with Crippen LogP contribution in [0.15, 0.2) is 23.4 Å². The molecule has 1 atom stereocenters. The molecule has 0 fully saturated rings. The van der Waals surface area contributed by atoms with Gasteiger partial charge in [0.05, 0.1) is 29.4 Å². The number of hydrogen-bond donors (Lipinski definition) is 1. The summed E-state index contributed by atoms with van der Waals surface area (Å²) in [5, 5.41) is 9.56. The largest absolute Gasteiger partial charge is 0.481 e. The van der Waals surface area contributed by atoms with Crippen molar-refractivity contribution in [3.8, 4) is 0 Å². The molecular formula is C14H18N2O3S. The van der Waals surface area contributed by atoms with E-state index in [1.807, 2.05) is 36.6 Å². The van der Waals surface area contributed by atoms with Crippen molar-refractivity contribution in [2.45, 2.75) is 31.7 Å². The number of carboxylic acids is 1. The molecule has 2 rings (SSSR count). The third-order valence-electron chi connectivity index (χ3n) is 3.10. The number of para-hydroxylation sites is 1. The monoisotopic (exact) mass is 294 g/mol. The average molecular weight is 294 g/mol. The van der Waals surface area contributed by atoms with Crippen LogP contribution in [0.5, 0.6) is 0 Å². The molecule has 1 heterocycles. The summed E-state index contributed by atoms with van der Waals surface area (Å²) in [5.41, 5.74) is 3.06. The van der Waals surface area contributed by atoms with Gasteiger partial charge in [0, 0.05) is 7.11 Å². The summed E-state index contributed by atoms with van der Waals surface area (Å²) in [6.07, 6.45) is 0.0381. The fourth-order valence-electron chi connectivity index (χ4n) is 2.08. The quantitative estimate of drug-likeness (QED) is 0.829. The SMILES string of the molecule is COC(C)Cn1c(SCC(=O)O)nc2cccc(C)c21. The van der Waals surface area contributed by atoms with E-state index >= 15 is 0 Å². The number of imidazole rings is 1. The first-order valence-electron chi connectivity index (χ1n) is 6.36. The molecule has 0 bridgehead atoms. The zero-order valence-corrected chi connectivity index (χ0v) is 12.6. The molecule has 1 aromatic heterocycles. The number of aromatic nitrogens is 2. The first-order valence-corrected chi connectivity index (χ1v) is 7.34. The fraction of sp³-hybridized carbons (Fsp3) is 0.429. The van der Waals surface area contributed by atoms with Crippen molar-refractivity contribution < 1.29 is 14.6 Å². The molecule has 108 valence electrons. The standard InChI is InChI=1S/C14H18N2O3S/c1-9-5-4-6-11-13(9)16(7-10(2)19-3)14(15-11)20-8-12(17)18/h4-6,10H,7-8H2,1-3H3,(H,17,18). The minimum Gasteiger partial charge on any atom is -0.481 e. The Morgan fingerprint density at radius 2 is 2.30 bits per heavy atom. The second-order valence-electron chi connectivity index (χ2n) is 4.68. The van der Waals surface area contributed by atoms with Gasteiger partial charge in [-0.2, -0.15) is 0 Å². The van der Waals surface area contributed by atoms with Gasteiger partial charge < -0.3 is 14.4 Å². The van der Waals surface area contributed by atoms with Crippen molar-refractivity contribution in [2.75, 3.05) is 12.9 Å². The van der Waals surface area contributed by atoms with Crippen LogP contribution in [0.3, 0.4) is 0 Å². The first kappa shape index (κ1) is 14.9. The van der Waals surface area contributed by atoms with Gasteiger partial charge in [-0.05, 0) is 25.5 Å². The van der Waals surface area contributed by atoms with Crippen molar-refractivity contribution in [1.82, 2.24) is 9.55 Å². The maximum atomic E-state index is 10.8. The number of hydrogen-bond acceptors (Lipinski definition) is 4. The van der Waals surface area contributed by atoms with Gasteiger partial charge in [0.2, 0.25) is 0 Å². The molecule has 0 amide bonds. The maximum absolute atomic E-state index is 10.8. The molecule has 0 radical (unpaired) electrons.